The van der Waals surface area contributed by atoms with Crippen molar-refractivity contribution >= 4 is 17.5 Å². The molecule has 1 saturated heterocycles. The van der Waals surface area contributed by atoms with Gasteiger partial charge in [-0.2, -0.15) is 0 Å². The average Bonchev–Trinajstić information content (AvgIpc) is 3.13. The van der Waals surface area contributed by atoms with Crippen LogP contribution in [0.1, 0.15) is 16.9 Å². The maximum absolute atomic E-state index is 13.4. The van der Waals surface area contributed by atoms with Crippen molar-refractivity contribution in [1.29, 1.82) is 0 Å². The van der Waals surface area contributed by atoms with E-state index in [1.54, 1.807) is 41.3 Å². The molecule has 2 aliphatic heterocycles. The number of aromatic nitrogens is 1. The second kappa shape index (κ2) is 7.36. The largest absolute Gasteiger partial charge is 0.486 e. The van der Waals surface area contributed by atoms with Gasteiger partial charge in [-0.3, -0.25) is 14.6 Å². The molecule has 2 bridgehead atoms. The number of anilines is 1. The van der Waals surface area contributed by atoms with Crippen LogP contribution in [0.15, 0.2) is 48.7 Å². The zero-order chi connectivity index (χ0) is 18.8. The molecule has 2 unspecified atom stereocenters. The number of fused-ring (bicyclic) bond motifs is 3. The Bertz CT molecular complexity index is 842. The normalized spacial score (nSPS) is 21.3. The number of pyridine rings is 1. The van der Waals surface area contributed by atoms with E-state index in [9.17, 15) is 9.59 Å². The number of likely N-dealkylation sites (tertiary alicyclic amines) is 1. The van der Waals surface area contributed by atoms with Gasteiger partial charge in [0.25, 0.3) is 5.91 Å². The summed E-state index contributed by atoms with van der Waals surface area (Å²) in [4.78, 5) is 33.7. The minimum Gasteiger partial charge on any atom is -0.486 e. The summed E-state index contributed by atoms with van der Waals surface area (Å²) < 4.78 is 11.3. The maximum atomic E-state index is 13.4. The first kappa shape index (κ1) is 17.5. The van der Waals surface area contributed by atoms with Crippen LogP contribution in [0.2, 0.25) is 0 Å². The summed E-state index contributed by atoms with van der Waals surface area (Å²) in [7, 11) is 1.60. The van der Waals surface area contributed by atoms with Gasteiger partial charge < -0.3 is 19.3 Å². The summed E-state index contributed by atoms with van der Waals surface area (Å²) in [6, 6.07) is 12.1. The highest BCUT2D eigenvalue weighted by Gasteiger charge is 2.45. The Morgan fingerprint density at radius 1 is 1.26 bits per heavy atom. The van der Waals surface area contributed by atoms with E-state index in [2.05, 4.69) is 4.98 Å². The lowest BCUT2D eigenvalue weighted by atomic mass is 10.1. The molecule has 1 fully saturated rings. The minimum atomic E-state index is -0.574. The van der Waals surface area contributed by atoms with Crippen molar-refractivity contribution in [2.75, 3.05) is 31.7 Å². The summed E-state index contributed by atoms with van der Waals surface area (Å²) in [5.74, 6) is 0.282. The molecule has 0 saturated carbocycles. The highest BCUT2D eigenvalue weighted by Crippen LogP contribution is 2.36. The van der Waals surface area contributed by atoms with E-state index in [1.165, 1.54) is 0 Å². The predicted octanol–water partition coefficient (Wildman–Crippen LogP) is 1.74. The van der Waals surface area contributed by atoms with Crippen LogP contribution in [-0.2, 0) is 9.53 Å². The molecule has 2 aliphatic rings. The number of carbonyl (C=O) groups is 2. The first-order valence-corrected chi connectivity index (χ1v) is 8.97. The molecule has 2 amide bonds. The van der Waals surface area contributed by atoms with Crippen molar-refractivity contribution in [1.82, 2.24) is 9.88 Å². The summed E-state index contributed by atoms with van der Waals surface area (Å²) in [6.45, 7) is 1.14. The number of amides is 2. The Morgan fingerprint density at radius 3 is 2.85 bits per heavy atom. The SMILES string of the molecule is COCCN1C(=O)C2CC(CN2C(=O)c2ccccn2)Oc2ccccc21. The van der Waals surface area contributed by atoms with Crippen molar-refractivity contribution in [3.8, 4) is 5.75 Å². The first-order valence-electron chi connectivity index (χ1n) is 8.97. The van der Waals surface area contributed by atoms with Crippen molar-refractivity contribution in [3.63, 3.8) is 0 Å². The van der Waals surface area contributed by atoms with Crippen LogP contribution in [0.4, 0.5) is 5.69 Å². The lowest BCUT2D eigenvalue weighted by Crippen LogP contribution is -2.49. The summed E-state index contributed by atoms with van der Waals surface area (Å²) >= 11 is 0. The van der Waals surface area contributed by atoms with Gasteiger partial charge in [0.05, 0.1) is 18.8 Å². The number of rotatable bonds is 4. The standard InChI is InChI=1S/C20H21N3O4/c1-26-11-10-22-16-7-2-3-8-18(16)27-14-12-17(20(22)25)23(13-14)19(24)15-6-4-5-9-21-15/h2-9,14,17H,10-13H2,1H3. The molecule has 0 N–H and O–H groups in total. The molecule has 2 aromatic rings. The number of ether oxygens (including phenoxy) is 2. The zero-order valence-electron chi connectivity index (χ0n) is 15.1. The van der Waals surface area contributed by atoms with E-state index < -0.39 is 6.04 Å². The molecule has 7 nitrogen and oxygen atoms in total. The smallest absolute Gasteiger partial charge is 0.273 e. The van der Waals surface area contributed by atoms with Gasteiger partial charge in [0.15, 0.2) is 0 Å². The summed E-state index contributed by atoms with van der Waals surface area (Å²) in [5.41, 5.74) is 1.04. The van der Waals surface area contributed by atoms with Crippen LogP contribution in [0.5, 0.6) is 5.75 Å². The second-order valence-electron chi connectivity index (χ2n) is 6.61. The van der Waals surface area contributed by atoms with Gasteiger partial charge in [-0.1, -0.05) is 18.2 Å². The fourth-order valence-electron chi connectivity index (χ4n) is 3.65. The van der Waals surface area contributed by atoms with Gasteiger partial charge in [-0.15, -0.1) is 0 Å². The quantitative estimate of drug-likeness (QED) is 0.823. The fraction of sp³-hybridized carbons (Fsp3) is 0.350. The third-order valence-electron chi connectivity index (χ3n) is 4.93. The molecule has 2 atom stereocenters. The van der Waals surface area contributed by atoms with Crippen LogP contribution < -0.4 is 9.64 Å². The number of carbonyl (C=O) groups excluding carboxylic acids is 2. The van der Waals surface area contributed by atoms with E-state index in [0.29, 0.717) is 43.2 Å². The first-order chi connectivity index (χ1) is 13.2. The van der Waals surface area contributed by atoms with Gasteiger partial charge in [-0.05, 0) is 24.3 Å². The number of benzene rings is 1. The monoisotopic (exact) mass is 367 g/mol. The Kier molecular flexibility index (Phi) is 4.77. The van der Waals surface area contributed by atoms with E-state index in [0.717, 1.165) is 0 Å². The molecular formula is C20H21N3O4. The summed E-state index contributed by atoms with van der Waals surface area (Å²) in [5, 5.41) is 0. The van der Waals surface area contributed by atoms with Crippen molar-refractivity contribution < 1.29 is 19.1 Å². The molecule has 7 heteroatoms. The number of hydrogen-bond acceptors (Lipinski definition) is 5. The lowest BCUT2D eigenvalue weighted by Gasteiger charge is -2.31. The highest BCUT2D eigenvalue weighted by atomic mass is 16.5. The van der Waals surface area contributed by atoms with Crippen LogP contribution in [0.25, 0.3) is 0 Å². The van der Waals surface area contributed by atoms with Gasteiger partial charge >= 0.3 is 0 Å². The number of methoxy groups -OCH3 is 1. The summed E-state index contributed by atoms with van der Waals surface area (Å²) in [6.07, 6.45) is 1.82. The second-order valence-corrected chi connectivity index (χ2v) is 6.61. The Labute approximate surface area is 157 Å². The Balaban J connectivity index is 1.69. The molecule has 0 aliphatic carbocycles. The topological polar surface area (TPSA) is 72.0 Å². The van der Waals surface area contributed by atoms with Crippen molar-refractivity contribution in [3.05, 3.63) is 54.4 Å². The third kappa shape index (κ3) is 3.26. The van der Waals surface area contributed by atoms with E-state index in [-0.39, 0.29) is 17.9 Å². The van der Waals surface area contributed by atoms with E-state index >= 15 is 0 Å². The number of nitrogens with zero attached hydrogens (tertiary/aromatic N) is 3. The van der Waals surface area contributed by atoms with Gasteiger partial charge in [-0.25, -0.2) is 0 Å². The molecule has 3 heterocycles. The molecule has 4 rings (SSSR count). The van der Waals surface area contributed by atoms with E-state index in [1.807, 2.05) is 24.3 Å². The van der Waals surface area contributed by atoms with E-state index in [4.69, 9.17) is 9.47 Å². The van der Waals surface area contributed by atoms with Crippen LogP contribution in [0, 0.1) is 0 Å². The van der Waals surface area contributed by atoms with Gasteiger partial charge in [0, 0.05) is 26.3 Å². The predicted molar refractivity (Wildman–Crippen MR) is 98.8 cm³/mol. The molecule has 0 spiro atoms. The van der Waals surface area contributed by atoms with Crippen LogP contribution in [0.3, 0.4) is 0 Å². The van der Waals surface area contributed by atoms with Gasteiger partial charge in [0.1, 0.15) is 23.6 Å². The molecule has 0 radical (unpaired) electrons. The fourth-order valence-corrected chi connectivity index (χ4v) is 3.65. The highest BCUT2D eigenvalue weighted by molar-refractivity contribution is 6.03. The number of para-hydroxylation sites is 2. The van der Waals surface area contributed by atoms with Crippen molar-refractivity contribution in [2.24, 2.45) is 0 Å². The van der Waals surface area contributed by atoms with Crippen LogP contribution >= 0.6 is 0 Å². The average molecular weight is 367 g/mol. The third-order valence-corrected chi connectivity index (χ3v) is 4.93. The Hall–Kier alpha value is -2.93. The van der Waals surface area contributed by atoms with Gasteiger partial charge in [0.2, 0.25) is 5.91 Å². The van der Waals surface area contributed by atoms with Crippen LogP contribution in [-0.4, -0.2) is 60.7 Å². The molecular weight excluding hydrogens is 346 g/mol. The lowest BCUT2D eigenvalue weighted by molar-refractivity contribution is -0.122. The maximum Gasteiger partial charge on any atom is 0.273 e. The molecule has 1 aromatic carbocycles. The minimum absolute atomic E-state index is 0.116. The Morgan fingerprint density at radius 2 is 2.07 bits per heavy atom. The zero-order valence-corrected chi connectivity index (χ0v) is 15.1. The molecule has 27 heavy (non-hydrogen) atoms. The molecule has 1 aromatic heterocycles. The number of hydrogen-bond donors (Lipinski definition) is 0. The van der Waals surface area contributed by atoms with Crippen molar-refractivity contribution in [2.45, 2.75) is 18.6 Å². The molecule has 140 valence electrons.